The van der Waals surface area contributed by atoms with Crippen molar-refractivity contribution in [3.05, 3.63) is 40.8 Å². The molecule has 1 N–H and O–H groups in total. The maximum atomic E-state index is 11.3. The van der Waals surface area contributed by atoms with Crippen molar-refractivity contribution in [2.45, 2.75) is 43.9 Å². The molecule has 0 amide bonds. The molecule has 2 bridgehead atoms. The molecule has 4 rings (SSSR count). The average Bonchev–Trinajstić information content (AvgIpc) is 2.77. The Morgan fingerprint density at radius 2 is 1.81 bits per heavy atom. The van der Waals surface area contributed by atoms with Gasteiger partial charge in [-0.15, -0.1) is 12.4 Å². The van der Waals surface area contributed by atoms with Crippen LogP contribution in [0.25, 0.3) is 11.0 Å². The van der Waals surface area contributed by atoms with E-state index in [1.54, 1.807) is 6.07 Å². The topological polar surface area (TPSA) is 51.5 Å². The van der Waals surface area contributed by atoms with Crippen molar-refractivity contribution in [3.63, 3.8) is 0 Å². The Hall–Kier alpha value is -1.52. The van der Waals surface area contributed by atoms with Gasteiger partial charge >= 0.3 is 5.63 Å². The third-order valence-electron chi connectivity index (χ3n) is 4.33. The van der Waals surface area contributed by atoms with E-state index in [4.69, 9.17) is 9.15 Å². The van der Waals surface area contributed by atoms with E-state index in [-0.39, 0.29) is 24.1 Å². The molecule has 3 heterocycles. The molecule has 2 aromatic rings. The second-order valence-corrected chi connectivity index (χ2v) is 5.80. The fraction of sp³-hybridized carbons (Fsp3) is 0.438. The van der Waals surface area contributed by atoms with E-state index in [1.165, 1.54) is 18.9 Å². The van der Waals surface area contributed by atoms with Gasteiger partial charge in [0.05, 0.1) is 0 Å². The Kier molecular flexibility index (Phi) is 3.91. The van der Waals surface area contributed by atoms with Crippen molar-refractivity contribution >= 4 is 23.4 Å². The maximum Gasteiger partial charge on any atom is 0.336 e. The summed E-state index contributed by atoms with van der Waals surface area (Å²) in [6.45, 7) is 0. The predicted octanol–water partition coefficient (Wildman–Crippen LogP) is 2.88. The minimum absolute atomic E-state index is 0. The zero-order valence-electron chi connectivity index (χ0n) is 11.6. The third-order valence-corrected chi connectivity index (χ3v) is 4.33. The van der Waals surface area contributed by atoms with Crippen molar-refractivity contribution in [3.8, 4) is 5.75 Å². The number of hydrogen-bond acceptors (Lipinski definition) is 4. The molecule has 5 heteroatoms. The fourth-order valence-electron chi connectivity index (χ4n) is 3.41. The second kappa shape index (κ2) is 5.70. The normalized spacial score (nSPS) is 27.3. The number of hydrogen-bond donors (Lipinski definition) is 1. The van der Waals surface area contributed by atoms with Gasteiger partial charge in [-0.1, -0.05) is 0 Å². The van der Waals surface area contributed by atoms with Gasteiger partial charge in [0.25, 0.3) is 0 Å². The lowest BCUT2D eigenvalue weighted by atomic mass is 10.0. The molecule has 21 heavy (non-hydrogen) atoms. The third kappa shape index (κ3) is 2.92. The van der Waals surface area contributed by atoms with Crippen molar-refractivity contribution < 1.29 is 9.15 Å². The average molecular weight is 308 g/mol. The molecule has 1 aromatic heterocycles. The smallest absolute Gasteiger partial charge is 0.336 e. The molecule has 0 saturated carbocycles. The van der Waals surface area contributed by atoms with Crippen LogP contribution in [-0.2, 0) is 0 Å². The summed E-state index contributed by atoms with van der Waals surface area (Å²) in [5, 5.41) is 4.52. The van der Waals surface area contributed by atoms with Crippen LogP contribution in [0.3, 0.4) is 0 Å². The minimum atomic E-state index is -0.324. The van der Waals surface area contributed by atoms with Gasteiger partial charge in [-0.2, -0.15) is 0 Å². The van der Waals surface area contributed by atoms with E-state index in [2.05, 4.69) is 5.32 Å². The molecular formula is C16H18ClNO3. The summed E-state index contributed by atoms with van der Waals surface area (Å²) in [6, 6.07) is 10.1. The number of halogens is 1. The van der Waals surface area contributed by atoms with Crippen LogP contribution in [0.15, 0.2) is 39.5 Å². The van der Waals surface area contributed by atoms with Gasteiger partial charge in [0, 0.05) is 29.6 Å². The standard InChI is InChI=1S/C16H17NO3.ClH/c18-16-6-2-10-1-5-13(9-15(10)20-16)19-14-7-11-3-4-12(8-14)17-11;/h1-2,5-6,9,11-12,14,17H,3-4,7-8H2;1H. The number of nitrogens with one attached hydrogen (secondary N) is 1. The minimum Gasteiger partial charge on any atom is -0.490 e. The molecule has 0 spiro atoms. The molecular weight excluding hydrogens is 290 g/mol. The molecule has 2 aliphatic rings. The Labute approximate surface area is 128 Å². The zero-order valence-corrected chi connectivity index (χ0v) is 12.4. The monoisotopic (exact) mass is 307 g/mol. The van der Waals surface area contributed by atoms with Crippen LogP contribution < -0.4 is 15.7 Å². The molecule has 4 nitrogen and oxygen atoms in total. The number of rotatable bonds is 2. The van der Waals surface area contributed by atoms with Crippen molar-refractivity contribution in [1.29, 1.82) is 0 Å². The lowest BCUT2D eigenvalue weighted by Crippen LogP contribution is -2.42. The van der Waals surface area contributed by atoms with E-state index < -0.39 is 0 Å². The summed E-state index contributed by atoms with van der Waals surface area (Å²) < 4.78 is 11.3. The molecule has 2 atom stereocenters. The Balaban J connectivity index is 0.00000132. The van der Waals surface area contributed by atoms with E-state index in [1.807, 2.05) is 18.2 Å². The highest BCUT2D eigenvalue weighted by atomic mass is 35.5. The fourth-order valence-corrected chi connectivity index (χ4v) is 3.41. The SMILES string of the molecule is Cl.O=c1ccc2ccc(OC3CC4CCC(C3)N4)cc2o1. The number of piperidine rings is 1. The second-order valence-electron chi connectivity index (χ2n) is 5.80. The van der Waals surface area contributed by atoms with E-state index >= 15 is 0 Å². The van der Waals surface area contributed by atoms with Crippen molar-refractivity contribution in [1.82, 2.24) is 5.32 Å². The van der Waals surface area contributed by atoms with Gasteiger partial charge in [-0.05, 0) is 43.9 Å². The molecule has 2 aliphatic heterocycles. The van der Waals surface area contributed by atoms with Crippen LogP contribution in [0, 0.1) is 0 Å². The molecule has 2 saturated heterocycles. The summed E-state index contributed by atoms with van der Waals surface area (Å²) >= 11 is 0. The van der Waals surface area contributed by atoms with Gasteiger partial charge in [-0.3, -0.25) is 0 Å². The molecule has 1 aromatic carbocycles. The van der Waals surface area contributed by atoms with Gasteiger partial charge in [0.15, 0.2) is 0 Å². The Morgan fingerprint density at radius 3 is 2.57 bits per heavy atom. The highest BCUT2D eigenvalue weighted by Gasteiger charge is 2.34. The lowest BCUT2D eigenvalue weighted by Gasteiger charge is -2.29. The summed E-state index contributed by atoms with van der Waals surface area (Å²) in [7, 11) is 0. The van der Waals surface area contributed by atoms with Gasteiger partial charge < -0.3 is 14.5 Å². The quantitative estimate of drug-likeness (QED) is 0.867. The van der Waals surface area contributed by atoms with Crippen LogP contribution >= 0.6 is 12.4 Å². The van der Waals surface area contributed by atoms with Gasteiger partial charge in [0.2, 0.25) is 0 Å². The summed E-state index contributed by atoms with van der Waals surface area (Å²) in [6.07, 6.45) is 4.91. The highest BCUT2D eigenvalue weighted by molar-refractivity contribution is 5.85. The number of ether oxygens (including phenoxy) is 1. The first kappa shape index (κ1) is 14.4. The van der Waals surface area contributed by atoms with Crippen LogP contribution in [0.2, 0.25) is 0 Å². The Morgan fingerprint density at radius 1 is 1.10 bits per heavy atom. The van der Waals surface area contributed by atoms with Crippen molar-refractivity contribution in [2.24, 2.45) is 0 Å². The van der Waals surface area contributed by atoms with Gasteiger partial charge in [0.1, 0.15) is 17.4 Å². The van der Waals surface area contributed by atoms with Crippen molar-refractivity contribution in [2.75, 3.05) is 0 Å². The first-order valence-electron chi connectivity index (χ1n) is 7.23. The molecule has 2 unspecified atom stereocenters. The molecule has 2 fully saturated rings. The first-order chi connectivity index (χ1) is 9.76. The zero-order chi connectivity index (χ0) is 13.5. The van der Waals surface area contributed by atoms with Crippen LogP contribution in [0.4, 0.5) is 0 Å². The number of benzene rings is 1. The van der Waals surface area contributed by atoms with E-state index in [9.17, 15) is 4.79 Å². The van der Waals surface area contributed by atoms with Crippen LogP contribution in [-0.4, -0.2) is 18.2 Å². The van der Waals surface area contributed by atoms with E-state index in [0.29, 0.717) is 17.7 Å². The summed E-state index contributed by atoms with van der Waals surface area (Å²) in [5.41, 5.74) is 0.265. The largest absolute Gasteiger partial charge is 0.490 e. The van der Waals surface area contributed by atoms with Crippen LogP contribution in [0.5, 0.6) is 5.75 Å². The molecule has 112 valence electrons. The summed E-state index contributed by atoms with van der Waals surface area (Å²) in [5.74, 6) is 0.790. The predicted molar refractivity (Wildman–Crippen MR) is 83.3 cm³/mol. The van der Waals surface area contributed by atoms with Crippen LogP contribution in [0.1, 0.15) is 25.7 Å². The maximum absolute atomic E-state index is 11.3. The Bertz CT molecular complexity index is 687. The molecule has 0 aliphatic carbocycles. The number of fused-ring (bicyclic) bond motifs is 3. The summed E-state index contributed by atoms with van der Waals surface area (Å²) in [4.78, 5) is 11.3. The highest BCUT2D eigenvalue weighted by Crippen LogP contribution is 2.30. The van der Waals surface area contributed by atoms with Gasteiger partial charge in [-0.25, -0.2) is 4.79 Å². The van der Waals surface area contributed by atoms with E-state index in [0.717, 1.165) is 24.0 Å². The lowest BCUT2D eigenvalue weighted by molar-refractivity contribution is 0.137. The first-order valence-corrected chi connectivity index (χ1v) is 7.23. The molecule has 0 radical (unpaired) electrons.